The van der Waals surface area contributed by atoms with E-state index in [1.807, 2.05) is 29.2 Å². The van der Waals surface area contributed by atoms with Gasteiger partial charge in [0.05, 0.1) is 13.2 Å². The molecule has 1 amide bonds. The van der Waals surface area contributed by atoms with Crippen LogP contribution >= 0.6 is 0 Å². The molecular formula is C23H29N3O4. The van der Waals surface area contributed by atoms with Crippen LogP contribution in [0.4, 0.5) is 11.4 Å². The Hall–Kier alpha value is -2.67. The van der Waals surface area contributed by atoms with Crippen molar-refractivity contribution in [1.29, 1.82) is 0 Å². The Morgan fingerprint density at radius 2 is 1.63 bits per heavy atom. The molecule has 1 aliphatic heterocycles. The van der Waals surface area contributed by atoms with Crippen LogP contribution in [0.5, 0.6) is 0 Å². The zero-order valence-corrected chi connectivity index (χ0v) is 17.2. The Kier molecular flexibility index (Phi) is 6.47. The van der Waals surface area contributed by atoms with Crippen molar-refractivity contribution in [2.45, 2.75) is 51.1 Å². The summed E-state index contributed by atoms with van der Waals surface area (Å²) in [6.45, 7) is 2.77. The molecule has 2 aromatic carbocycles. The van der Waals surface area contributed by atoms with Gasteiger partial charge >= 0.3 is 0 Å². The molecule has 1 saturated carbocycles. The van der Waals surface area contributed by atoms with Gasteiger partial charge in [0.15, 0.2) is 0 Å². The van der Waals surface area contributed by atoms with Crippen molar-refractivity contribution >= 4 is 17.3 Å². The van der Waals surface area contributed by atoms with Crippen molar-refractivity contribution in [3.8, 4) is 0 Å². The smallest absolute Gasteiger partial charge is 0.253 e. The fraction of sp³-hybridized carbons (Fsp3) is 0.522. The molecule has 0 bridgehead atoms. The van der Waals surface area contributed by atoms with Gasteiger partial charge in [-0.1, -0.05) is 37.8 Å². The maximum Gasteiger partial charge on any atom is 0.253 e. The van der Waals surface area contributed by atoms with Crippen LogP contribution in [0.15, 0.2) is 33.9 Å². The normalized spacial score (nSPS) is 18.2. The number of carbonyl (C=O) groups excluding carboxylic acids is 1. The van der Waals surface area contributed by atoms with Crippen molar-refractivity contribution in [2.75, 3.05) is 36.5 Å². The summed E-state index contributed by atoms with van der Waals surface area (Å²) >= 11 is 0. The Bertz CT molecular complexity index is 932. The molecule has 0 atom stereocenters. The van der Waals surface area contributed by atoms with Crippen molar-refractivity contribution in [3.05, 3.63) is 55.8 Å². The molecule has 4 rings (SSSR count). The van der Waals surface area contributed by atoms with Crippen LogP contribution in [0.1, 0.15) is 54.4 Å². The molecule has 2 fully saturated rings. The number of nitrogens with one attached hydrogen (secondary N) is 2. The summed E-state index contributed by atoms with van der Waals surface area (Å²) in [6, 6.07) is 7.67. The van der Waals surface area contributed by atoms with Crippen LogP contribution in [-0.4, -0.2) is 38.3 Å². The second kappa shape index (κ2) is 9.43. The van der Waals surface area contributed by atoms with Crippen molar-refractivity contribution in [3.63, 3.8) is 0 Å². The van der Waals surface area contributed by atoms with Crippen molar-refractivity contribution in [2.24, 2.45) is 0 Å². The minimum absolute atomic E-state index is 0.0292. The predicted octanol–water partition coefficient (Wildman–Crippen LogP) is 2.18. The summed E-state index contributed by atoms with van der Waals surface area (Å²) < 4.78 is 5.32. The number of nitrogens with zero attached hydrogens (tertiary/aromatic N) is 1. The lowest BCUT2D eigenvalue weighted by atomic mass is 10.1. The zero-order chi connectivity index (χ0) is 20.9. The number of morpholine rings is 1. The molecule has 0 unspecified atom stereocenters. The summed E-state index contributed by atoms with van der Waals surface area (Å²) in [5, 5.41) is 6.27. The van der Waals surface area contributed by atoms with Crippen LogP contribution in [0.2, 0.25) is 0 Å². The molecule has 1 aliphatic carbocycles. The fourth-order valence-corrected chi connectivity index (χ4v) is 4.29. The van der Waals surface area contributed by atoms with E-state index in [0.29, 0.717) is 49.8 Å². The average molecular weight is 412 g/mol. The van der Waals surface area contributed by atoms with E-state index in [0.717, 1.165) is 18.4 Å². The number of hydrogen-bond acceptors (Lipinski definition) is 6. The molecule has 0 aromatic heterocycles. The third kappa shape index (κ3) is 4.56. The lowest BCUT2D eigenvalue weighted by Gasteiger charge is -2.30. The highest BCUT2D eigenvalue weighted by molar-refractivity contribution is 5.94. The van der Waals surface area contributed by atoms with Gasteiger partial charge in [-0.05, 0) is 30.5 Å². The minimum atomic E-state index is -0.462. The van der Waals surface area contributed by atoms with Gasteiger partial charge in [-0.15, -0.1) is 0 Å². The number of anilines is 2. The van der Waals surface area contributed by atoms with Crippen molar-refractivity contribution < 1.29 is 9.53 Å². The number of ether oxygens (including phenoxy) is 1. The zero-order valence-electron chi connectivity index (χ0n) is 17.2. The number of amides is 1. The Balaban J connectivity index is 1.34. The first kappa shape index (κ1) is 20.6. The first-order valence-corrected chi connectivity index (χ1v) is 10.9. The van der Waals surface area contributed by atoms with Gasteiger partial charge in [-0.3, -0.25) is 14.4 Å². The number of rotatable bonds is 6. The van der Waals surface area contributed by atoms with Gasteiger partial charge in [0.2, 0.25) is 0 Å². The highest BCUT2D eigenvalue weighted by Crippen LogP contribution is 2.22. The highest BCUT2D eigenvalue weighted by Gasteiger charge is 2.27. The van der Waals surface area contributed by atoms with Gasteiger partial charge in [-0.25, -0.2) is 0 Å². The van der Waals surface area contributed by atoms with Gasteiger partial charge in [0, 0.05) is 31.2 Å². The first-order valence-electron chi connectivity index (χ1n) is 10.9. The molecule has 2 N–H and O–H groups in total. The lowest BCUT2D eigenvalue weighted by Crippen LogP contribution is -2.46. The van der Waals surface area contributed by atoms with Crippen LogP contribution in [-0.2, 0) is 11.3 Å². The van der Waals surface area contributed by atoms with E-state index in [2.05, 4.69) is 10.6 Å². The molecule has 2 aliphatic rings. The third-order valence-electron chi connectivity index (χ3n) is 6.09. The van der Waals surface area contributed by atoms with Crippen molar-refractivity contribution in [1.82, 2.24) is 5.32 Å². The number of hydrogen-bond donors (Lipinski definition) is 2. The molecule has 0 radical (unpaired) electrons. The molecule has 30 heavy (non-hydrogen) atoms. The molecule has 7 nitrogen and oxygen atoms in total. The van der Waals surface area contributed by atoms with Crippen LogP contribution in [0.3, 0.4) is 0 Å². The maximum absolute atomic E-state index is 12.5. The monoisotopic (exact) mass is 411 g/mol. The summed E-state index contributed by atoms with van der Waals surface area (Å²) in [7, 11) is 0. The lowest BCUT2D eigenvalue weighted by molar-refractivity contribution is 0.0933. The van der Waals surface area contributed by atoms with Gasteiger partial charge < -0.3 is 20.3 Å². The van der Waals surface area contributed by atoms with E-state index in [1.165, 1.54) is 25.7 Å². The second-order valence-corrected chi connectivity index (χ2v) is 8.19. The first-order chi connectivity index (χ1) is 14.6. The SMILES string of the molecule is O=C(NC1CCCCCC1)c1ccc(CNc2c(N3CCOCC3)c(=O)c2=O)cc1. The van der Waals surface area contributed by atoms with Crippen LogP contribution in [0, 0.1) is 0 Å². The fourth-order valence-electron chi connectivity index (χ4n) is 4.29. The summed E-state index contributed by atoms with van der Waals surface area (Å²) in [6.07, 6.45) is 6.98. The minimum Gasteiger partial charge on any atom is -0.378 e. The van der Waals surface area contributed by atoms with E-state index in [-0.39, 0.29) is 11.9 Å². The van der Waals surface area contributed by atoms with E-state index in [1.54, 1.807) is 0 Å². The largest absolute Gasteiger partial charge is 0.378 e. The van der Waals surface area contributed by atoms with E-state index < -0.39 is 10.9 Å². The number of benzene rings is 1. The van der Waals surface area contributed by atoms with E-state index >= 15 is 0 Å². The molecule has 0 spiro atoms. The van der Waals surface area contributed by atoms with E-state index in [4.69, 9.17) is 4.74 Å². The standard InChI is InChI=1S/C23H29N3O4/c27-21-19(20(22(21)28)26-11-13-30-14-12-26)24-15-16-7-9-17(10-8-16)23(29)25-18-5-3-1-2-4-6-18/h7-10,18,24H,1-6,11-15H2,(H,25,29). The molecular weight excluding hydrogens is 382 g/mol. The topological polar surface area (TPSA) is 87.7 Å². The van der Waals surface area contributed by atoms with Crippen LogP contribution < -0.4 is 26.4 Å². The van der Waals surface area contributed by atoms with E-state index in [9.17, 15) is 14.4 Å². The molecule has 1 saturated heterocycles. The number of carbonyl (C=O) groups is 1. The van der Waals surface area contributed by atoms with Crippen LogP contribution in [0.25, 0.3) is 0 Å². The summed E-state index contributed by atoms with van der Waals surface area (Å²) in [5.74, 6) is -0.0292. The van der Waals surface area contributed by atoms with Gasteiger partial charge in [0.1, 0.15) is 11.4 Å². The summed E-state index contributed by atoms with van der Waals surface area (Å²) in [4.78, 5) is 38.5. The maximum atomic E-state index is 12.5. The molecule has 2 aromatic rings. The highest BCUT2D eigenvalue weighted by atomic mass is 16.5. The Labute approximate surface area is 176 Å². The quantitative estimate of drug-likeness (QED) is 0.560. The molecule has 1 heterocycles. The average Bonchev–Trinajstić information content (AvgIpc) is 3.05. The second-order valence-electron chi connectivity index (χ2n) is 8.19. The molecule has 7 heteroatoms. The third-order valence-corrected chi connectivity index (χ3v) is 6.09. The Morgan fingerprint density at radius 3 is 2.30 bits per heavy atom. The van der Waals surface area contributed by atoms with Gasteiger partial charge in [0.25, 0.3) is 16.8 Å². The Morgan fingerprint density at radius 1 is 0.967 bits per heavy atom. The predicted molar refractivity (Wildman–Crippen MR) is 117 cm³/mol. The summed E-state index contributed by atoms with van der Waals surface area (Å²) in [5.41, 5.74) is 1.56. The van der Waals surface area contributed by atoms with Gasteiger partial charge in [-0.2, -0.15) is 0 Å². The molecule has 160 valence electrons.